The molecule has 2 N–H and O–H groups in total. The van der Waals surface area contributed by atoms with Gasteiger partial charge in [-0.15, -0.1) is 0 Å². The molecule has 2 rings (SSSR count). The highest BCUT2D eigenvalue weighted by Crippen LogP contribution is 2.18. The summed E-state index contributed by atoms with van der Waals surface area (Å²) in [7, 11) is 0. The van der Waals surface area contributed by atoms with Crippen molar-refractivity contribution in [1.82, 2.24) is 0 Å². The van der Waals surface area contributed by atoms with E-state index in [1.54, 1.807) is 13.0 Å². The minimum atomic E-state index is -1.09. The van der Waals surface area contributed by atoms with Crippen LogP contribution in [0.3, 0.4) is 0 Å². The second-order valence-corrected chi connectivity index (χ2v) is 4.74. The molecule has 1 aromatic heterocycles. The molecule has 0 saturated heterocycles. The molecule has 0 atom stereocenters. The van der Waals surface area contributed by atoms with Gasteiger partial charge in [0.1, 0.15) is 5.56 Å². The number of pyridine rings is 1. The van der Waals surface area contributed by atoms with Crippen LogP contribution in [0.25, 0.3) is 0 Å². The van der Waals surface area contributed by atoms with Gasteiger partial charge in [0.15, 0.2) is 6.20 Å². The molecule has 7 heteroatoms. The van der Waals surface area contributed by atoms with Crippen LogP contribution in [0, 0.1) is 12.1 Å². The number of aromatic nitrogens is 1. The monoisotopic (exact) mass is 306 g/mol. The summed E-state index contributed by atoms with van der Waals surface area (Å²) in [5, 5.41) is 22.8. The summed E-state index contributed by atoms with van der Waals surface area (Å²) in [6, 6.07) is 7.11. The zero-order valence-corrected chi connectivity index (χ0v) is 11.7. The number of nitrogens with zero attached hydrogens (tertiary/aromatic N) is 1. The highest BCUT2D eigenvalue weighted by atomic mass is 35.5. The Labute approximate surface area is 125 Å². The molecule has 0 radical (unpaired) electrons. The van der Waals surface area contributed by atoms with E-state index in [9.17, 15) is 14.8 Å². The molecule has 1 heterocycles. The number of aryl methyl sites for hydroxylation is 1. The second-order valence-electron chi connectivity index (χ2n) is 4.36. The molecule has 0 aliphatic heterocycles. The zero-order valence-electron chi connectivity index (χ0n) is 11.0. The molecular formula is C14H11ClN2O4. The van der Waals surface area contributed by atoms with Gasteiger partial charge in [0, 0.05) is 11.8 Å². The molecule has 0 aliphatic rings. The Morgan fingerprint density at radius 2 is 1.90 bits per heavy atom. The summed E-state index contributed by atoms with van der Waals surface area (Å²) in [6.07, 6.45) is 1.05. The fourth-order valence-electron chi connectivity index (χ4n) is 1.68. The molecule has 1 amide bonds. The van der Waals surface area contributed by atoms with E-state index in [0.29, 0.717) is 16.0 Å². The molecule has 0 fully saturated rings. The van der Waals surface area contributed by atoms with Crippen LogP contribution in [-0.4, -0.2) is 17.0 Å². The van der Waals surface area contributed by atoms with Crippen LogP contribution < -0.4 is 10.0 Å². The topological polar surface area (TPSA) is 93.3 Å². The van der Waals surface area contributed by atoms with Crippen molar-refractivity contribution >= 4 is 29.2 Å². The maximum atomic E-state index is 12.1. The van der Waals surface area contributed by atoms with Gasteiger partial charge in [0.25, 0.3) is 11.1 Å². The minimum absolute atomic E-state index is 0.0457. The van der Waals surface area contributed by atoms with Crippen molar-refractivity contribution in [2.75, 3.05) is 5.32 Å². The van der Waals surface area contributed by atoms with Crippen LogP contribution in [0.5, 0.6) is 0 Å². The van der Waals surface area contributed by atoms with Crippen molar-refractivity contribution < 1.29 is 19.4 Å². The number of aromatic carboxylic acids is 1. The molecular weight excluding hydrogens is 296 g/mol. The Kier molecular flexibility index (Phi) is 4.09. The van der Waals surface area contributed by atoms with E-state index in [4.69, 9.17) is 16.7 Å². The largest absolute Gasteiger partial charge is 0.618 e. The standard InChI is InChI=1S/C14H11ClN2O4/c1-8-2-3-9(14(19)20)6-11(8)16-13(18)10-4-5-12(15)17(21)7-10/h2-7H,1H3,(H,16,18)(H,19,20). The Balaban J connectivity index is 2.28. The lowest BCUT2D eigenvalue weighted by Gasteiger charge is -2.09. The highest BCUT2D eigenvalue weighted by molar-refractivity contribution is 6.28. The average Bonchev–Trinajstić information content (AvgIpc) is 2.43. The number of halogens is 1. The van der Waals surface area contributed by atoms with Crippen LogP contribution in [0.1, 0.15) is 26.3 Å². The Hall–Kier alpha value is -2.60. The van der Waals surface area contributed by atoms with Gasteiger partial charge in [0.05, 0.1) is 5.56 Å². The fraction of sp³-hybridized carbons (Fsp3) is 0.0714. The number of anilines is 1. The van der Waals surface area contributed by atoms with Crippen LogP contribution in [0.15, 0.2) is 36.5 Å². The van der Waals surface area contributed by atoms with Gasteiger partial charge >= 0.3 is 5.97 Å². The van der Waals surface area contributed by atoms with Crippen molar-refractivity contribution in [3.8, 4) is 0 Å². The molecule has 0 saturated carbocycles. The summed E-state index contributed by atoms with van der Waals surface area (Å²) in [4.78, 5) is 23.0. The first-order valence-electron chi connectivity index (χ1n) is 5.92. The third kappa shape index (κ3) is 3.29. The van der Waals surface area contributed by atoms with Gasteiger partial charge in [-0.1, -0.05) is 6.07 Å². The first-order chi connectivity index (χ1) is 9.88. The normalized spacial score (nSPS) is 10.2. The van der Waals surface area contributed by atoms with E-state index in [-0.39, 0.29) is 16.3 Å². The molecule has 0 spiro atoms. The fourth-order valence-corrected chi connectivity index (χ4v) is 1.79. The maximum Gasteiger partial charge on any atom is 0.335 e. The predicted molar refractivity (Wildman–Crippen MR) is 76.5 cm³/mol. The molecule has 0 aliphatic carbocycles. The summed E-state index contributed by atoms with van der Waals surface area (Å²) in [5.41, 5.74) is 1.25. The van der Waals surface area contributed by atoms with E-state index >= 15 is 0 Å². The van der Waals surface area contributed by atoms with Gasteiger partial charge in [-0.25, -0.2) is 4.79 Å². The van der Waals surface area contributed by atoms with Crippen molar-refractivity contribution in [2.45, 2.75) is 6.92 Å². The number of benzene rings is 1. The van der Waals surface area contributed by atoms with Crippen LogP contribution >= 0.6 is 11.6 Å². The Morgan fingerprint density at radius 3 is 2.52 bits per heavy atom. The van der Waals surface area contributed by atoms with Crippen LogP contribution in [0.4, 0.5) is 5.69 Å². The number of carbonyl (C=O) groups excluding carboxylic acids is 1. The van der Waals surface area contributed by atoms with Crippen LogP contribution in [0.2, 0.25) is 5.15 Å². The third-order valence-corrected chi connectivity index (χ3v) is 3.15. The molecule has 0 unspecified atom stereocenters. The van der Waals surface area contributed by atoms with E-state index in [1.165, 1.54) is 24.3 Å². The number of hydrogen-bond donors (Lipinski definition) is 2. The van der Waals surface area contributed by atoms with Gasteiger partial charge in [-0.05, 0) is 42.3 Å². The van der Waals surface area contributed by atoms with E-state index < -0.39 is 11.9 Å². The smallest absolute Gasteiger partial charge is 0.335 e. The Morgan fingerprint density at radius 1 is 1.24 bits per heavy atom. The second kappa shape index (κ2) is 5.80. The highest BCUT2D eigenvalue weighted by Gasteiger charge is 2.14. The van der Waals surface area contributed by atoms with Crippen molar-refractivity contribution in [2.24, 2.45) is 0 Å². The zero-order chi connectivity index (χ0) is 15.6. The number of carboxylic acid groups (broad SMARTS) is 1. The van der Waals surface area contributed by atoms with Crippen molar-refractivity contribution in [3.05, 3.63) is 63.6 Å². The molecule has 6 nitrogen and oxygen atoms in total. The van der Waals surface area contributed by atoms with E-state index in [1.807, 2.05) is 0 Å². The molecule has 0 bridgehead atoms. The Bertz CT molecular complexity index is 731. The van der Waals surface area contributed by atoms with Gasteiger partial charge in [-0.3, -0.25) is 4.79 Å². The number of rotatable bonds is 3. The van der Waals surface area contributed by atoms with Crippen LogP contribution in [-0.2, 0) is 0 Å². The lowest BCUT2D eigenvalue weighted by molar-refractivity contribution is -0.603. The van der Waals surface area contributed by atoms with E-state index in [2.05, 4.69) is 5.32 Å². The number of carbonyl (C=O) groups is 2. The van der Waals surface area contributed by atoms with Gasteiger partial charge < -0.3 is 15.6 Å². The number of carboxylic acids is 1. The summed E-state index contributed by atoms with van der Waals surface area (Å²) in [5.74, 6) is -1.61. The van der Waals surface area contributed by atoms with Crippen molar-refractivity contribution in [3.63, 3.8) is 0 Å². The minimum Gasteiger partial charge on any atom is -0.618 e. The summed E-state index contributed by atoms with van der Waals surface area (Å²) >= 11 is 5.58. The summed E-state index contributed by atoms with van der Waals surface area (Å²) < 4.78 is 0.372. The number of nitrogens with one attached hydrogen (secondary N) is 1. The molecule has 21 heavy (non-hydrogen) atoms. The van der Waals surface area contributed by atoms with E-state index in [0.717, 1.165) is 6.20 Å². The van der Waals surface area contributed by atoms with Crippen molar-refractivity contribution in [1.29, 1.82) is 0 Å². The quantitative estimate of drug-likeness (QED) is 0.516. The SMILES string of the molecule is Cc1ccc(C(=O)O)cc1NC(=O)c1ccc(Cl)[n+]([O-])c1. The third-order valence-electron chi connectivity index (χ3n) is 2.86. The summed E-state index contributed by atoms with van der Waals surface area (Å²) in [6.45, 7) is 1.73. The average molecular weight is 307 g/mol. The number of hydrogen-bond acceptors (Lipinski definition) is 3. The molecule has 108 valence electrons. The predicted octanol–water partition coefficient (Wildman–Crippen LogP) is 2.23. The van der Waals surface area contributed by atoms with Gasteiger partial charge in [-0.2, -0.15) is 4.73 Å². The molecule has 1 aromatic carbocycles. The molecule has 2 aromatic rings. The lowest BCUT2D eigenvalue weighted by atomic mass is 10.1. The maximum absolute atomic E-state index is 12.1. The first kappa shape index (κ1) is 14.8. The lowest BCUT2D eigenvalue weighted by Crippen LogP contribution is -2.29. The number of amides is 1. The van der Waals surface area contributed by atoms with Gasteiger partial charge in [0.2, 0.25) is 0 Å². The first-order valence-corrected chi connectivity index (χ1v) is 6.30.